The van der Waals surface area contributed by atoms with E-state index in [4.69, 9.17) is 25.5 Å². The minimum absolute atomic E-state index is 0.0482. The first kappa shape index (κ1) is 21.2. The number of methoxy groups -OCH3 is 1. The normalized spacial score (nSPS) is 15.8. The number of esters is 1. The molecule has 1 aliphatic heterocycles. The maximum atomic E-state index is 12.4. The van der Waals surface area contributed by atoms with Gasteiger partial charge in [-0.1, -0.05) is 17.7 Å². The second-order valence-electron chi connectivity index (χ2n) is 6.72. The lowest BCUT2D eigenvalue weighted by Crippen LogP contribution is -2.35. The lowest BCUT2D eigenvalue weighted by atomic mass is 9.92. The number of phenolic OH excluding ortho intramolecular Hbond substituents is 1. The van der Waals surface area contributed by atoms with Crippen LogP contribution in [-0.2, 0) is 20.8 Å². The van der Waals surface area contributed by atoms with E-state index in [0.29, 0.717) is 44.2 Å². The van der Waals surface area contributed by atoms with Gasteiger partial charge in [0.1, 0.15) is 11.5 Å². The van der Waals surface area contributed by atoms with Crippen molar-refractivity contribution in [3.63, 3.8) is 0 Å². The Morgan fingerprint density at radius 1 is 1.28 bits per heavy atom. The maximum Gasteiger partial charge on any atom is 0.306 e. The van der Waals surface area contributed by atoms with E-state index in [2.05, 4.69) is 4.90 Å². The van der Waals surface area contributed by atoms with Gasteiger partial charge in [-0.05, 0) is 17.7 Å². The lowest BCUT2D eigenvalue weighted by molar-refractivity contribution is -0.140. The first-order valence-electron chi connectivity index (χ1n) is 9.10. The van der Waals surface area contributed by atoms with Gasteiger partial charge in [0.2, 0.25) is 11.2 Å². The number of phenols is 1. The summed E-state index contributed by atoms with van der Waals surface area (Å²) in [5.74, 6) is -1.76. The molecular weight excluding hydrogens is 402 g/mol. The molecular formula is C20H22ClNO7. The summed E-state index contributed by atoms with van der Waals surface area (Å²) < 4.78 is 16.0. The summed E-state index contributed by atoms with van der Waals surface area (Å²) in [6, 6.07) is 5.61. The van der Waals surface area contributed by atoms with E-state index in [-0.39, 0.29) is 23.0 Å². The van der Waals surface area contributed by atoms with E-state index in [1.165, 1.54) is 25.3 Å². The number of aromatic hydroxyl groups is 2. The van der Waals surface area contributed by atoms with Crippen LogP contribution in [0.2, 0.25) is 5.02 Å². The smallest absolute Gasteiger partial charge is 0.306 e. The number of benzene rings is 1. The van der Waals surface area contributed by atoms with Crippen molar-refractivity contribution in [3.8, 4) is 11.5 Å². The molecule has 1 saturated heterocycles. The number of carbonyl (C=O) groups excluding carboxylic acids is 1. The average molecular weight is 424 g/mol. The van der Waals surface area contributed by atoms with Crippen LogP contribution >= 0.6 is 11.6 Å². The molecule has 29 heavy (non-hydrogen) atoms. The second kappa shape index (κ2) is 9.30. The van der Waals surface area contributed by atoms with Crippen molar-refractivity contribution in [2.45, 2.75) is 18.9 Å². The van der Waals surface area contributed by atoms with Crippen molar-refractivity contribution < 1.29 is 28.9 Å². The molecule has 0 amide bonds. The second-order valence-corrected chi connectivity index (χ2v) is 7.13. The monoisotopic (exact) mass is 423 g/mol. The zero-order chi connectivity index (χ0) is 21.0. The molecule has 0 aliphatic carbocycles. The molecule has 1 atom stereocenters. The highest BCUT2D eigenvalue weighted by Gasteiger charge is 2.27. The van der Waals surface area contributed by atoms with E-state index < -0.39 is 23.1 Å². The van der Waals surface area contributed by atoms with Gasteiger partial charge in [0.25, 0.3) is 0 Å². The molecule has 1 aromatic carbocycles. The molecule has 0 radical (unpaired) electrons. The van der Waals surface area contributed by atoms with E-state index in [1.807, 2.05) is 0 Å². The summed E-state index contributed by atoms with van der Waals surface area (Å²) >= 11 is 6.01. The molecule has 2 N–H and O–H groups in total. The molecule has 1 fully saturated rings. The van der Waals surface area contributed by atoms with Crippen LogP contribution in [0.1, 0.15) is 29.4 Å². The first-order chi connectivity index (χ1) is 13.9. The van der Waals surface area contributed by atoms with Gasteiger partial charge in [-0.25, -0.2) is 0 Å². The third-order valence-corrected chi connectivity index (χ3v) is 5.07. The summed E-state index contributed by atoms with van der Waals surface area (Å²) in [4.78, 5) is 26.4. The minimum Gasteiger partial charge on any atom is -0.506 e. The molecule has 0 unspecified atom stereocenters. The van der Waals surface area contributed by atoms with Crippen molar-refractivity contribution in [1.82, 2.24) is 4.90 Å². The summed E-state index contributed by atoms with van der Waals surface area (Å²) in [6.45, 7) is 2.93. The molecule has 8 nitrogen and oxygen atoms in total. The van der Waals surface area contributed by atoms with Gasteiger partial charge in [0.15, 0.2) is 5.76 Å². The van der Waals surface area contributed by atoms with Gasteiger partial charge in [-0.2, -0.15) is 0 Å². The number of carbonyl (C=O) groups is 1. The predicted octanol–water partition coefficient (Wildman–Crippen LogP) is 2.23. The summed E-state index contributed by atoms with van der Waals surface area (Å²) in [6.07, 6.45) is -0.185. The Balaban J connectivity index is 2.02. The van der Waals surface area contributed by atoms with Crippen LogP contribution in [0.15, 0.2) is 33.5 Å². The fourth-order valence-electron chi connectivity index (χ4n) is 3.20. The van der Waals surface area contributed by atoms with Gasteiger partial charge in [-0.15, -0.1) is 0 Å². The highest BCUT2D eigenvalue weighted by atomic mass is 35.5. The highest BCUT2D eigenvalue weighted by Crippen LogP contribution is 2.36. The van der Waals surface area contributed by atoms with Gasteiger partial charge >= 0.3 is 5.97 Å². The maximum absolute atomic E-state index is 12.4. The molecule has 1 aromatic heterocycles. The van der Waals surface area contributed by atoms with Crippen LogP contribution in [0.3, 0.4) is 0 Å². The molecule has 0 saturated carbocycles. The largest absolute Gasteiger partial charge is 0.506 e. The fraction of sp³-hybridized carbons (Fsp3) is 0.400. The third-order valence-electron chi connectivity index (χ3n) is 4.77. The van der Waals surface area contributed by atoms with Gasteiger partial charge < -0.3 is 24.1 Å². The Morgan fingerprint density at radius 2 is 2.00 bits per heavy atom. The lowest BCUT2D eigenvalue weighted by Gasteiger charge is -2.26. The Morgan fingerprint density at radius 3 is 2.66 bits per heavy atom. The molecule has 2 aromatic rings. The topological polar surface area (TPSA) is 109 Å². The van der Waals surface area contributed by atoms with Crippen LogP contribution in [0.4, 0.5) is 0 Å². The highest BCUT2D eigenvalue weighted by molar-refractivity contribution is 6.32. The zero-order valence-electron chi connectivity index (χ0n) is 15.9. The molecule has 0 bridgehead atoms. The minimum atomic E-state index is -0.821. The number of hydrogen-bond donors (Lipinski definition) is 2. The van der Waals surface area contributed by atoms with Gasteiger partial charge in [0.05, 0.1) is 44.2 Å². The quantitative estimate of drug-likeness (QED) is 0.681. The summed E-state index contributed by atoms with van der Waals surface area (Å²) in [7, 11) is 1.24. The Labute approximate surface area is 172 Å². The van der Waals surface area contributed by atoms with Crippen LogP contribution in [0.25, 0.3) is 0 Å². The molecule has 3 rings (SSSR count). The standard InChI is InChI=1S/C20H22ClNO7/c1-27-18(25)10-14(12-2-3-16(23)15(21)8-12)20-19(26)17(24)9-13(29-20)11-22-4-6-28-7-5-22/h2-3,8-9,14,23,26H,4-7,10-11H2,1H3/t14-/m0/s1. The van der Waals surface area contributed by atoms with Crippen LogP contribution in [-0.4, -0.2) is 54.5 Å². The van der Waals surface area contributed by atoms with Crippen molar-refractivity contribution in [1.29, 1.82) is 0 Å². The third kappa shape index (κ3) is 5.09. The van der Waals surface area contributed by atoms with Crippen LogP contribution < -0.4 is 5.43 Å². The van der Waals surface area contributed by atoms with Crippen molar-refractivity contribution in [2.75, 3.05) is 33.4 Å². The summed E-state index contributed by atoms with van der Waals surface area (Å²) in [5, 5.41) is 20.2. The molecule has 156 valence electrons. The molecule has 1 aliphatic rings. The molecule has 2 heterocycles. The SMILES string of the molecule is COC(=O)C[C@@H](c1ccc(O)c(Cl)c1)c1oc(CN2CCOCC2)cc(=O)c1O. The zero-order valence-corrected chi connectivity index (χ0v) is 16.6. The van der Waals surface area contributed by atoms with Gasteiger partial charge in [0, 0.05) is 19.2 Å². The summed E-state index contributed by atoms with van der Waals surface area (Å²) in [5.41, 5.74) is -0.116. The van der Waals surface area contributed by atoms with Crippen molar-refractivity contribution in [3.05, 3.63) is 56.6 Å². The van der Waals surface area contributed by atoms with Crippen molar-refractivity contribution in [2.24, 2.45) is 0 Å². The number of halogens is 1. The van der Waals surface area contributed by atoms with E-state index in [0.717, 1.165) is 0 Å². The van der Waals surface area contributed by atoms with Crippen molar-refractivity contribution >= 4 is 17.6 Å². The van der Waals surface area contributed by atoms with Crippen LogP contribution in [0, 0.1) is 0 Å². The van der Waals surface area contributed by atoms with E-state index in [9.17, 15) is 19.8 Å². The Bertz CT molecular complexity index is 937. The molecule has 9 heteroatoms. The Kier molecular flexibility index (Phi) is 6.79. The van der Waals surface area contributed by atoms with Gasteiger partial charge in [-0.3, -0.25) is 14.5 Å². The van der Waals surface area contributed by atoms with E-state index in [1.54, 1.807) is 6.07 Å². The number of morpholine rings is 1. The van der Waals surface area contributed by atoms with Crippen LogP contribution in [0.5, 0.6) is 11.5 Å². The number of rotatable bonds is 6. The fourth-order valence-corrected chi connectivity index (χ4v) is 3.39. The molecule has 0 spiro atoms. The predicted molar refractivity (Wildman–Crippen MR) is 104 cm³/mol. The number of nitrogens with zero attached hydrogens (tertiary/aromatic N) is 1. The number of hydrogen-bond acceptors (Lipinski definition) is 8. The average Bonchev–Trinajstić information content (AvgIpc) is 2.71. The first-order valence-corrected chi connectivity index (χ1v) is 9.48. The number of ether oxygens (including phenoxy) is 2. The Hall–Kier alpha value is -2.55. The van der Waals surface area contributed by atoms with E-state index >= 15 is 0 Å².